The molecule has 0 aliphatic rings. The summed E-state index contributed by atoms with van der Waals surface area (Å²) < 4.78 is 2.12. The zero-order valence-electron chi connectivity index (χ0n) is 16.6. The summed E-state index contributed by atoms with van der Waals surface area (Å²) in [5.74, 6) is 0. The van der Waals surface area contributed by atoms with Crippen LogP contribution in [0.1, 0.15) is 6.92 Å². The minimum atomic E-state index is -0.0199. The van der Waals surface area contributed by atoms with Gasteiger partial charge >= 0.3 is 0 Å². The van der Waals surface area contributed by atoms with Crippen LogP contribution in [-0.2, 0) is 6.54 Å². The van der Waals surface area contributed by atoms with Gasteiger partial charge in [0.15, 0.2) is 10.9 Å². The fourth-order valence-corrected chi connectivity index (χ4v) is 4.19. The molecule has 5 heteroatoms. The zero-order chi connectivity index (χ0) is 20.3. The van der Waals surface area contributed by atoms with E-state index in [0.29, 0.717) is 33.6 Å². The molecular formula is C24H21N3O2. The van der Waals surface area contributed by atoms with Crippen LogP contribution >= 0.6 is 0 Å². The van der Waals surface area contributed by atoms with E-state index in [1.807, 2.05) is 73.6 Å². The van der Waals surface area contributed by atoms with E-state index in [4.69, 9.17) is 0 Å². The number of fused-ring (bicyclic) bond motifs is 4. The van der Waals surface area contributed by atoms with Crippen LogP contribution in [-0.4, -0.2) is 23.6 Å². The van der Waals surface area contributed by atoms with Crippen molar-refractivity contribution in [2.24, 2.45) is 0 Å². The summed E-state index contributed by atoms with van der Waals surface area (Å²) in [6.07, 6.45) is 0. The molecule has 0 fully saturated rings. The number of para-hydroxylation sites is 1. The van der Waals surface area contributed by atoms with E-state index >= 15 is 0 Å². The molecular weight excluding hydrogens is 362 g/mol. The summed E-state index contributed by atoms with van der Waals surface area (Å²) in [4.78, 5) is 31.8. The Morgan fingerprint density at radius 2 is 1.52 bits per heavy atom. The second-order valence-corrected chi connectivity index (χ2v) is 7.58. The Morgan fingerprint density at radius 1 is 0.793 bits per heavy atom. The minimum absolute atomic E-state index is 0.0130. The highest BCUT2D eigenvalue weighted by Gasteiger charge is 2.14. The molecule has 1 N–H and O–H groups in total. The van der Waals surface area contributed by atoms with E-state index in [-0.39, 0.29) is 10.9 Å². The van der Waals surface area contributed by atoms with Crippen molar-refractivity contribution in [2.75, 3.05) is 19.0 Å². The van der Waals surface area contributed by atoms with Gasteiger partial charge in [-0.25, -0.2) is 0 Å². The Hall–Kier alpha value is -3.60. The fourth-order valence-electron chi connectivity index (χ4n) is 4.19. The molecule has 0 saturated carbocycles. The van der Waals surface area contributed by atoms with E-state index in [2.05, 4.69) is 16.5 Å². The molecule has 0 saturated heterocycles. The molecule has 0 aliphatic heterocycles. The Balaban J connectivity index is 2.01. The monoisotopic (exact) mass is 383 g/mol. The fraction of sp³-hybridized carbons (Fsp3) is 0.167. The molecule has 0 amide bonds. The number of aryl methyl sites for hydroxylation is 1. The standard InChI is InChI=1S/C24H21N3O2/c1-4-27-21-11-14(26(2)3)9-10-16(21)24(29)18-12-20-17(13-22(18)27)23(28)15-7-5-6-8-19(15)25-20/h5-13H,4H2,1-3H3,(H,25,28). The van der Waals surface area contributed by atoms with Gasteiger partial charge < -0.3 is 14.5 Å². The third kappa shape index (κ3) is 2.47. The van der Waals surface area contributed by atoms with E-state index in [1.165, 1.54) is 0 Å². The molecule has 2 aromatic heterocycles. The molecule has 0 bridgehead atoms. The van der Waals surface area contributed by atoms with Crippen LogP contribution in [0.25, 0.3) is 43.6 Å². The topological polar surface area (TPSA) is 58.1 Å². The van der Waals surface area contributed by atoms with E-state index < -0.39 is 0 Å². The molecule has 0 unspecified atom stereocenters. The molecule has 0 aliphatic carbocycles. The number of H-pyrrole nitrogens is 1. The van der Waals surface area contributed by atoms with Gasteiger partial charge in [-0.3, -0.25) is 9.59 Å². The van der Waals surface area contributed by atoms with Crippen LogP contribution in [0, 0.1) is 0 Å². The lowest BCUT2D eigenvalue weighted by Gasteiger charge is -2.18. The average molecular weight is 383 g/mol. The van der Waals surface area contributed by atoms with Gasteiger partial charge in [-0.1, -0.05) is 12.1 Å². The maximum atomic E-state index is 13.3. The highest BCUT2D eigenvalue weighted by Crippen LogP contribution is 2.26. The van der Waals surface area contributed by atoms with Crippen LogP contribution in [0.15, 0.2) is 64.2 Å². The third-order valence-corrected chi connectivity index (χ3v) is 5.71. The number of hydrogen-bond acceptors (Lipinski definition) is 3. The van der Waals surface area contributed by atoms with Gasteiger partial charge in [-0.2, -0.15) is 0 Å². The molecule has 5 nitrogen and oxygen atoms in total. The number of anilines is 1. The van der Waals surface area contributed by atoms with Crippen LogP contribution in [0.3, 0.4) is 0 Å². The minimum Gasteiger partial charge on any atom is -0.378 e. The number of rotatable bonds is 2. The van der Waals surface area contributed by atoms with Crippen LogP contribution in [0.2, 0.25) is 0 Å². The van der Waals surface area contributed by atoms with Crippen molar-refractivity contribution in [3.05, 3.63) is 75.0 Å². The summed E-state index contributed by atoms with van der Waals surface area (Å²) in [5.41, 5.74) is 4.13. The molecule has 0 radical (unpaired) electrons. The van der Waals surface area contributed by atoms with E-state index in [9.17, 15) is 9.59 Å². The maximum Gasteiger partial charge on any atom is 0.197 e. The number of benzene rings is 3. The third-order valence-electron chi connectivity index (χ3n) is 5.71. The van der Waals surface area contributed by atoms with E-state index in [0.717, 1.165) is 22.2 Å². The SMILES string of the molecule is CCn1c2cc(N(C)C)ccc2c(=O)c2cc3[nH]c4ccccc4c(=O)c3cc21. The first-order chi connectivity index (χ1) is 14.0. The summed E-state index contributed by atoms with van der Waals surface area (Å²) in [5, 5.41) is 2.56. The number of nitrogens with one attached hydrogen (secondary N) is 1. The van der Waals surface area contributed by atoms with Gasteiger partial charge in [-0.15, -0.1) is 0 Å². The Labute approximate surface area is 166 Å². The van der Waals surface area contributed by atoms with Crippen LogP contribution in [0.5, 0.6) is 0 Å². The second kappa shape index (κ2) is 6.21. The smallest absolute Gasteiger partial charge is 0.197 e. The number of aromatic amines is 1. The van der Waals surface area contributed by atoms with Gasteiger partial charge in [0, 0.05) is 53.4 Å². The number of hydrogen-bond donors (Lipinski definition) is 1. The van der Waals surface area contributed by atoms with Crippen molar-refractivity contribution in [1.29, 1.82) is 0 Å². The zero-order valence-corrected chi connectivity index (χ0v) is 16.6. The predicted molar refractivity (Wildman–Crippen MR) is 121 cm³/mol. The highest BCUT2D eigenvalue weighted by atomic mass is 16.1. The maximum absolute atomic E-state index is 13.3. The number of aromatic nitrogens is 2. The molecule has 3 aromatic carbocycles. The Kier molecular flexibility index (Phi) is 3.74. The first-order valence-electron chi connectivity index (χ1n) is 9.72. The quantitative estimate of drug-likeness (QED) is 0.464. The van der Waals surface area contributed by atoms with E-state index in [1.54, 1.807) is 0 Å². The van der Waals surface area contributed by atoms with Gasteiger partial charge in [0.25, 0.3) is 0 Å². The lowest BCUT2D eigenvalue weighted by molar-refractivity contribution is 0.821. The van der Waals surface area contributed by atoms with Crippen molar-refractivity contribution >= 4 is 49.3 Å². The Morgan fingerprint density at radius 3 is 2.28 bits per heavy atom. The first-order valence-corrected chi connectivity index (χ1v) is 9.72. The normalized spacial score (nSPS) is 11.7. The largest absolute Gasteiger partial charge is 0.378 e. The van der Waals surface area contributed by atoms with Crippen LogP contribution < -0.4 is 15.8 Å². The summed E-state index contributed by atoms with van der Waals surface area (Å²) in [6.45, 7) is 2.75. The van der Waals surface area contributed by atoms with Crippen molar-refractivity contribution in [3.8, 4) is 0 Å². The van der Waals surface area contributed by atoms with Crippen molar-refractivity contribution in [1.82, 2.24) is 9.55 Å². The summed E-state index contributed by atoms with van der Waals surface area (Å²) in [6, 6.07) is 17.1. The van der Waals surface area contributed by atoms with Crippen molar-refractivity contribution in [3.63, 3.8) is 0 Å². The molecule has 5 aromatic rings. The lowest BCUT2D eigenvalue weighted by Crippen LogP contribution is -2.14. The van der Waals surface area contributed by atoms with Gasteiger partial charge in [-0.05, 0) is 49.4 Å². The molecule has 5 rings (SSSR count). The van der Waals surface area contributed by atoms with Crippen molar-refractivity contribution < 1.29 is 0 Å². The van der Waals surface area contributed by atoms with Gasteiger partial charge in [0.05, 0.1) is 16.6 Å². The molecule has 144 valence electrons. The molecule has 0 spiro atoms. The predicted octanol–water partition coefficient (Wildman–Crippen LogP) is 4.24. The lowest BCUT2D eigenvalue weighted by atomic mass is 10.0. The number of pyridine rings is 2. The average Bonchev–Trinajstić information content (AvgIpc) is 2.73. The van der Waals surface area contributed by atoms with Gasteiger partial charge in [0.1, 0.15) is 0 Å². The molecule has 2 heterocycles. The van der Waals surface area contributed by atoms with Crippen molar-refractivity contribution in [2.45, 2.75) is 13.5 Å². The van der Waals surface area contributed by atoms with Gasteiger partial charge in [0.2, 0.25) is 0 Å². The highest BCUT2D eigenvalue weighted by molar-refractivity contribution is 6.03. The van der Waals surface area contributed by atoms with Crippen LogP contribution in [0.4, 0.5) is 5.69 Å². The first kappa shape index (κ1) is 17.5. The molecule has 0 atom stereocenters. The summed E-state index contributed by atoms with van der Waals surface area (Å²) >= 11 is 0. The Bertz CT molecular complexity index is 1560. The number of nitrogens with zero attached hydrogens (tertiary/aromatic N) is 2. The molecule has 29 heavy (non-hydrogen) atoms. The second-order valence-electron chi connectivity index (χ2n) is 7.58. The summed E-state index contributed by atoms with van der Waals surface area (Å²) in [7, 11) is 3.96.